The van der Waals surface area contributed by atoms with E-state index in [0.29, 0.717) is 31.7 Å². The second-order valence-electron chi connectivity index (χ2n) is 9.43. The van der Waals surface area contributed by atoms with Crippen LogP contribution >= 0.6 is 0 Å². The van der Waals surface area contributed by atoms with Crippen LogP contribution in [0, 0.1) is 5.92 Å². The summed E-state index contributed by atoms with van der Waals surface area (Å²) in [5.74, 6) is -0.576. The van der Waals surface area contributed by atoms with Crippen LogP contribution in [0.5, 0.6) is 5.75 Å². The van der Waals surface area contributed by atoms with Gasteiger partial charge in [-0.05, 0) is 54.2 Å². The SMILES string of the molecule is CCC(Cc1cn(CC(=O)N(C)CCc2ccccc2)c2ccc(OCc3ccccc3)cc12)C(=O)O. The number of carbonyl (C=O) groups is 2. The van der Waals surface area contributed by atoms with Crippen LogP contribution < -0.4 is 4.74 Å². The molecule has 1 N–H and O–H groups in total. The topological polar surface area (TPSA) is 71.8 Å². The van der Waals surface area contributed by atoms with Crippen LogP contribution in [-0.2, 0) is 35.6 Å². The summed E-state index contributed by atoms with van der Waals surface area (Å²) >= 11 is 0. The minimum Gasteiger partial charge on any atom is -0.489 e. The minimum absolute atomic E-state index is 0.00839. The van der Waals surface area contributed by atoms with E-state index in [9.17, 15) is 14.7 Å². The minimum atomic E-state index is -0.809. The van der Waals surface area contributed by atoms with Crippen molar-refractivity contribution in [2.45, 2.75) is 39.3 Å². The van der Waals surface area contributed by atoms with Crippen LogP contribution in [0.4, 0.5) is 0 Å². The van der Waals surface area contributed by atoms with Gasteiger partial charge in [-0.2, -0.15) is 0 Å². The van der Waals surface area contributed by atoms with Crippen LogP contribution in [0.3, 0.4) is 0 Å². The number of hydrogen-bond acceptors (Lipinski definition) is 3. The van der Waals surface area contributed by atoms with Crippen LogP contribution in [0.15, 0.2) is 85.1 Å². The molecule has 0 saturated carbocycles. The molecule has 37 heavy (non-hydrogen) atoms. The predicted octanol–water partition coefficient (Wildman–Crippen LogP) is 5.57. The molecule has 0 radical (unpaired) electrons. The number of carbonyl (C=O) groups excluding carboxylic acids is 1. The van der Waals surface area contributed by atoms with E-state index in [1.807, 2.05) is 91.5 Å². The average Bonchev–Trinajstić information content (AvgIpc) is 3.26. The van der Waals surface area contributed by atoms with Crippen molar-refractivity contribution < 1.29 is 19.4 Å². The Morgan fingerprint density at radius 1 is 0.973 bits per heavy atom. The van der Waals surface area contributed by atoms with Gasteiger partial charge in [-0.3, -0.25) is 9.59 Å². The highest BCUT2D eigenvalue weighted by Crippen LogP contribution is 2.29. The third kappa shape index (κ3) is 6.79. The van der Waals surface area contributed by atoms with Crippen molar-refractivity contribution in [1.29, 1.82) is 0 Å². The Labute approximate surface area is 218 Å². The van der Waals surface area contributed by atoms with E-state index in [0.717, 1.165) is 28.5 Å². The summed E-state index contributed by atoms with van der Waals surface area (Å²) in [7, 11) is 1.82. The number of amides is 1. The Morgan fingerprint density at radius 3 is 2.30 bits per heavy atom. The first kappa shape index (κ1) is 26.0. The molecule has 1 aromatic heterocycles. The summed E-state index contributed by atoms with van der Waals surface area (Å²) in [6.07, 6.45) is 3.66. The van der Waals surface area contributed by atoms with Gasteiger partial charge in [0.2, 0.25) is 5.91 Å². The molecule has 6 heteroatoms. The lowest BCUT2D eigenvalue weighted by Crippen LogP contribution is -2.31. The molecular weight excluding hydrogens is 464 g/mol. The van der Waals surface area contributed by atoms with E-state index in [-0.39, 0.29) is 12.5 Å². The Kier molecular flexibility index (Phi) is 8.62. The van der Waals surface area contributed by atoms with Gasteiger partial charge in [0.1, 0.15) is 18.9 Å². The molecular formula is C31H34N2O4. The summed E-state index contributed by atoms with van der Waals surface area (Å²) in [5, 5.41) is 10.6. The van der Waals surface area contributed by atoms with Crippen molar-refractivity contribution in [3.8, 4) is 5.75 Å². The number of carboxylic acids is 1. The van der Waals surface area contributed by atoms with Crippen LogP contribution in [0.1, 0.15) is 30.0 Å². The fourth-order valence-electron chi connectivity index (χ4n) is 4.48. The van der Waals surface area contributed by atoms with Gasteiger partial charge in [0.25, 0.3) is 0 Å². The molecule has 1 unspecified atom stereocenters. The van der Waals surface area contributed by atoms with E-state index in [2.05, 4.69) is 12.1 Å². The lowest BCUT2D eigenvalue weighted by molar-refractivity contribution is -0.141. The van der Waals surface area contributed by atoms with Gasteiger partial charge < -0.3 is 19.3 Å². The smallest absolute Gasteiger partial charge is 0.306 e. The van der Waals surface area contributed by atoms with Crippen molar-refractivity contribution in [3.63, 3.8) is 0 Å². The van der Waals surface area contributed by atoms with Gasteiger partial charge in [-0.25, -0.2) is 0 Å². The number of fused-ring (bicyclic) bond motifs is 1. The fraction of sp³-hybridized carbons (Fsp3) is 0.290. The van der Waals surface area contributed by atoms with Gasteiger partial charge in [0.05, 0.1) is 5.92 Å². The number of ether oxygens (including phenoxy) is 1. The molecule has 0 aliphatic carbocycles. The third-order valence-electron chi connectivity index (χ3n) is 6.80. The molecule has 1 heterocycles. The van der Waals surface area contributed by atoms with Gasteiger partial charge in [0, 0.05) is 30.7 Å². The first-order valence-electron chi connectivity index (χ1n) is 12.7. The maximum Gasteiger partial charge on any atom is 0.306 e. The van der Waals surface area contributed by atoms with Gasteiger partial charge >= 0.3 is 5.97 Å². The monoisotopic (exact) mass is 498 g/mol. The number of carboxylic acid groups (broad SMARTS) is 1. The molecule has 0 aliphatic heterocycles. The van der Waals surface area contributed by atoms with Crippen molar-refractivity contribution in [2.24, 2.45) is 5.92 Å². The third-order valence-corrected chi connectivity index (χ3v) is 6.80. The number of hydrogen-bond donors (Lipinski definition) is 1. The lowest BCUT2D eigenvalue weighted by atomic mass is 9.97. The number of rotatable bonds is 12. The number of aromatic nitrogens is 1. The van der Waals surface area contributed by atoms with Crippen LogP contribution in [-0.4, -0.2) is 40.0 Å². The largest absolute Gasteiger partial charge is 0.489 e. The highest BCUT2D eigenvalue weighted by atomic mass is 16.5. The van der Waals surface area contributed by atoms with E-state index < -0.39 is 11.9 Å². The number of nitrogens with zero attached hydrogens (tertiary/aromatic N) is 2. The maximum atomic E-state index is 13.1. The molecule has 192 valence electrons. The second-order valence-corrected chi connectivity index (χ2v) is 9.43. The maximum absolute atomic E-state index is 13.1. The standard InChI is InChI=1S/C31H34N2O4/c1-3-25(31(35)36)18-26-20-33(21-30(34)32(2)17-16-23-10-6-4-7-11-23)29-15-14-27(19-28(26)29)37-22-24-12-8-5-9-13-24/h4-15,19-20,25H,3,16-18,21-22H2,1-2H3,(H,35,36). The normalized spacial score (nSPS) is 11.8. The highest BCUT2D eigenvalue weighted by molar-refractivity contribution is 5.88. The Morgan fingerprint density at radius 2 is 1.65 bits per heavy atom. The zero-order chi connectivity index (χ0) is 26.2. The summed E-state index contributed by atoms with van der Waals surface area (Å²) in [5.41, 5.74) is 4.07. The molecule has 4 aromatic rings. The first-order chi connectivity index (χ1) is 17.9. The second kappa shape index (κ2) is 12.3. The van der Waals surface area contributed by atoms with E-state index in [1.54, 1.807) is 4.90 Å². The number of aliphatic carboxylic acids is 1. The lowest BCUT2D eigenvalue weighted by Gasteiger charge is -2.18. The predicted molar refractivity (Wildman–Crippen MR) is 146 cm³/mol. The Hall–Kier alpha value is -4.06. The zero-order valence-electron chi connectivity index (χ0n) is 21.5. The quantitative estimate of drug-likeness (QED) is 0.277. The number of benzene rings is 3. The van der Waals surface area contributed by atoms with Crippen LogP contribution in [0.25, 0.3) is 10.9 Å². The molecule has 1 amide bonds. The van der Waals surface area contributed by atoms with E-state index >= 15 is 0 Å². The van der Waals surface area contributed by atoms with Crippen molar-refractivity contribution in [1.82, 2.24) is 9.47 Å². The first-order valence-corrected chi connectivity index (χ1v) is 12.7. The van der Waals surface area contributed by atoms with Crippen molar-refractivity contribution >= 4 is 22.8 Å². The van der Waals surface area contributed by atoms with Crippen LogP contribution in [0.2, 0.25) is 0 Å². The van der Waals surface area contributed by atoms with Gasteiger partial charge in [0.15, 0.2) is 0 Å². The molecule has 0 saturated heterocycles. The molecule has 0 spiro atoms. The molecule has 0 bridgehead atoms. The molecule has 4 rings (SSSR count). The van der Waals surface area contributed by atoms with Gasteiger partial charge in [-0.15, -0.1) is 0 Å². The summed E-state index contributed by atoms with van der Waals surface area (Å²) in [4.78, 5) is 26.6. The van der Waals surface area contributed by atoms with Gasteiger partial charge in [-0.1, -0.05) is 67.6 Å². The Balaban J connectivity index is 1.54. The number of likely N-dealkylation sites (N-methyl/N-ethyl adjacent to an activating group) is 1. The zero-order valence-corrected chi connectivity index (χ0v) is 21.5. The average molecular weight is 499 g/mol. The van der Waals surface area contributed by atoms with Crippen molar-refractivity contribution in [2.75, 3.05) is 13.6 Å². The van der Waals surface area contributed by atoms with E-state index in [1.165, 1.54) is 5.56 Å². The Bertz CT molecular complexity index is 1330. The molecule has 6 nitrogen and oxygen atoms in total. The fourth-order valence-corrected chi connectivity index (χ4v) is 4.48. The molecule has 0 aliphatic rings. The molecule has 0 fully saturated rings. The summed E-state index contributed by atoms with van der Waals surface area (Å²) in [6, 6.07) is 25.9. The molecule has 3 aromatic carbocycles. The highest BCUT2D eigenvalue weighted by Gasteiger charge is 2.20. The van der Waals surface area contributed by atoms with E-state index in [4.69, 9.17) is 4.74 Å². The summed E-state index contributed by atoms with van der Waals surface area (Å²) in [6.45, 7) is 3.15. The molecule has 1 atom stereocenters. The van der Waals surface area contributed by atoms with Crippen molar-refractivity contribution in [3.05, 3.63) is 102 Å². The summed E-state index contributed by atoms with van der Waals surface area (Å²) < 4.78 is 7.97.